The molecule has 1 aliphatic heterocycles. The Bertz CT molecular complexity index is 1020. The second-order valence-corrected chi connectivity index (χ2v) is 9.13. The number of carboxylic acids is 1. The molecule has 1 aromatic carbocycles. The summed E-state index contributed by atoms with van der Waals surface area (Å²) in [6, 6.07) is 8.06. The van der Waals surface area contributed by atoms with E-state index in [1.165, 1.54) is 36.4 Å². The highest BCUT2D eigenvalue weighted by atomic mass is 35.5. The van der Waals surface area contributed by atoms with E-state index >= 15 is 0 Å². The summed E-state index contributed by atoms with van der Waals surface area (Å²) in [4.78, 5) is 26.4. The van der Waals surface area contributed by atoms with Crippen molar-refractivity contribution in [2.45, 2.75) is 38.1 Å². The van der Waals surface area contributed by atoms with Gasteiger partial charge in [0.05, 0.1) is 15.5 Å². The molecule has 1 saturated carbocycles. The van der Waals surface area contributed by atoms with Crippen LogP contribution >= 0.6 is 35.6 Å². The number of carboxylic acid groups (broad SMARTS) is 1. The van der Waals surface area contributed by atoms with Crippen LogP contribution in [0.25, 0.3) is 17.4 Å². The standard InChI is InChI=1S/C21H18ClNO4S2/c22-16-8-6-12(20(25)26)10-15(16)17-9-7-14(27-17)11-18-19(24)23(21(28)29-18)13-4-2-1-3-5-13/h6-11,13H,1-5H2,(H,25,26)/b18-11+. The molecule has 29 heavy (non-hydrogen) atoms. The molecule has 0 spiro atoms. The fourth-order valence-electron chi connectivity index (χ4n) is 3.69. The van der Waals surface area contributed by atoms with E-state index in [1.54, 1.807) is 23.1 Å². The zero-order chi connectivity index (χ0) is 20.5. The number of amides is 1. The number of carbonyl (C=O) groups excluding carboxylic acids is 1. The van der Waals surface area contributed by atoms with Gasteiger partial charge in [0, 0.05) is 17.7 Å². The van der Waals surface area contributed by atoms with Gasteiger partial charge in [-0.2, -0.15) is 0 Å². The predicted molar refractivity (Wildman–Crippen MR) is 118 cm³/mol. The van der Waals surface area contributed by atoms with Crippen molar-refractivity contribution in [3.8, 4) is 11.3 Å². The van der Waals surface area contributed by atoms with E-state index in [-0.39, 0.29) is 17.5 Å². The van der Waals surface area contributed by atoms with Crippen molar-refractivity contribution in [1.29, 1.82) is 0 Å². The van der Waals surface area contributed by atoms with Gasteiger partial charge in [-0.1, -0.05) is 54.8 Å². The van der Waals surface area contributed by atoms with Gasteiger partial charge in [-0.25, -0.2) is 4.79 Å². The third kappa shape index (κ3) is 4.13. The van der Waals surface area contributed by atoms with Crippen molar-refractivity contribution < 1.29 is 19.1 Å². The molecule has 2 aromatic rings. The van der Waals surface area contributed by atoms with Gasteiger partial charge < -0.3 is 9.52 Å². The van der Waals surface area contributed by atoms with E-state index < -0.39 is 5.97 Å². The maximum absolute atomic E-state index is 12.9. The van der Waals surface area contributed by atoms with Crippen LogP contribution < -0.4 is 0 Å². The molecule has 0 radical (unpaired) electrons. The van der Waals surface area contributed by atoms with Crippen LogP contribution in [0.1, 0.15) is 48.2 Å². The maximum Gasteiger partial charge on any atom is 0.335 e. The summed E-state index contributed by atoms with van der Waals surface area (Å²) < 4.78 is 6.42. The minimum absolute atomic E-state index is 0.0734. The van der Waals surface area contributed by atoms with Gasteiger partial charge in [0.2, 0.25) is 0 Å². The lowest BCUT2D eigenvalue weighted by molar-refractivity contribution is -0.124. The molecule has 0 atom stereocenters. The minimum atomic E-state index is -1.04. The normalized spacial score (nSPS) is 19.3. The molecule has 1 N–H and O–H groups in total. The SMILES string of the molecule is O=C(O)c1ccc(Cl)c(-c2ccc(/C=C3/SC(=S)N(C4CCCCC4)C3=O)o2)c1. The van der Waals surface area contributed by atoms with Crippen molar-refractivity contribution >= 4 is 57.9 Å². The van der Waals surface area contributed by atoms with E-state index in [0.717, 1.165) is 25.7 Å². The second kappa shape index (κ2) is 8.34. The zero-order valence-corrected chi connectivity index (χ0v) is 17.8. The van der Waals surface area contributed by atoms with Crippen LogP contribution in [0.3, 0.4) is 0 Å². The number of halogens is 1. The number of furan rings is 1. The van der Waals surface area contributed by atoms with Gasteiger partial charge >= 0.3 is 5.97 Å². The number of thiocarbonyl (C=S) groups is 1. The molecule has 2 fully saturated rings. The van der Waals surface area contributed by atoms with Crippen LogP contribution in [0.5, 0.6) is 0 Å². The highest BCUT2D eigenvalue weighted by molar-refractivity contribution is 8.26. The molecule has 5 nitrogen and oxygen atoms in total. The van der Waals surface area contributed by atoms with E-state index in [4.69, 9.17) is 28.2 Å². The van der Waals surface area contributed by atoms with Gasteiger partial charge in [-0.3, -0.25) is 9.69 Å². The first-order valence-electron chi connectivity index (χ1n) is 9.34. The van der Waals surface area contributed by atoms with E-state index in [0.29, 0.717) is 31.3 Å². The number of nitrogens with zero attached hydrogens (tertiary/aromatic N) is 1. The molecule has 1 aliphatic carbocycles. The Morgan fingerprint density at radius 2 is 2.00 bits per heavy atom. The van der Waals surface area contributed by atoms with Crippen LogP contribution in [0.15, 0.2) is 39.7 Å². The third-order valence-corrected chi connectivity index (χ3v) is 6.80. The van der Waals surface area contributed by atoms with Gasteiger partial charge in [0.25, 0.3) is 5.91 Å². The number of aromatic carboxylic acids is 1. The number of hydrogen-bond acceptors (Lipinski definition) is 5. The van der Waals surface area contributed by atoms with Crippen LogP contribution in [0.4, 0.5) is 0 Å². The van der Waals surface area contributed by atoms with E-state index in [9.17, 15) is 14.7 Å². The fraction of sp³-hybridized carbons (Fsp3) is 0.286. The summed E-state index contributed by atoms with van der Waals surface area (Å²) in [7, 11) is 0. The number of hydrogen-bond donors (Lipinski definition) is 1. The Morgan fingerprint density at radius 3 is 2.72 bits per heavy atom. The van der Waals surface area contributed by atoms with Crippen LogP contribution in [-0.2, 0) is 4.79 Å². The van der Waals surface area contributed by atoms with Crippen molar-refractivity contribution in [2.75, 3.05) is 0 Å². The summed E-state index contributed by atoms with van der Waals surface area (Å²) in [5.41, 5.74) is 0.608. The Kier molecular flexibility index (Phi) is 5.81. The molecule has 0 unspecified atom stereocenters. The van der Waals surface area contributed by atoms with Crippen molar-refractivity contribution in [3.63, 3.8) is 0 Å². The topological polar surface area (TPSA) is 70.8 Å². The average molecular weight is 448 g/mol. The summed E-state index contributed by atoms with van der Waals surface area (Å²) in [6.45, 7) is 0. The second-order valence-electron chi connectivity index (χ2n) is 7.05. The number of benzene rings is 1. The van der Waals surface area contributed by atoms with Gasteiger partial charge in [0.1, 0.15) is 15.8 Å². The van der Waals surface area contributed by atoms with Gasteiger partial charge in [0.15, 0.2) is 0 Å². The fourth-order valence-corrected chi connectivity index (χ4v) is 5.28. The molecule has 4 rings (SSSR count). The number of thioether (sulfide) groups is 1. The van der Waals surface area contributed by atoms with Crippen LogP contribution in [0.2, 0.25) is 5.02 Å². The van der Waals surface area contributed by atoms with Gasteiger partial charge in [-0.15, -0.1) is 0 Å². The molecule has 2 aliphatic rings. The third-order valence-electron chi connectivity index (χ3n) is 5.14. The first-order chi connectivity index (χ1) is 13.9. The largest absolute Gasteiger partial charge is 0.478 e. The summed E-state index contributed by atoms with van der Waals surface area (Å²) in [6.07, 6.45) is 7.12. The van der Waals surface area contributed by atoms with Crippen molar-refractivity contribution in [3.05, 3.63) is 51.6 Å². The van der Waals surface area contributed by atoms with E-state index in [2.05, 4.69) is 0 Å². The molecule has 0 bridgehead atoms. The van der Waals surface area contributed by atoms with Crippen LogP contribution in [0, 0.1) is 0 Å². The molecular weight excluding hydrogens is 430 g/mol. The van der Waals surface area contributed by atoms with Crippen molar-refractivity contribution in [2.24, 2.45) is 0 Å². The average Bonchev–Trinajstić information content (AvgIpc) is 3.27. The monoisotopic (exact) mass is 447 g/mol. The van der Waals surface area contributed by atoms with Crippen molar-refractivity contribution in [1.82, 2.24) is 4.90 Å². The highest BCUT2D eigenvalue weighted by Gasteiger charge is 2.37. The molecule has 8 heteroatoms. The van der Waals surface area contributed by atoms with Crippen LogP contribution in [-0.4, -0.2) is 32.2 Å². The first kappa shape index (κ1) is 20.2. The lowest BCUT2D eigenvalue weighted by Gasteiger charge is -2.29. The summed E-state index contributed by atoms with van der Waals surface area (Å²) >= 11 is 13.0. The molecule has 1 amide bonds. The smallest absolute Gasteiger partial charge is 0.335 e. The number of rotatable bonds is 4. The predicted octanol–water partition coefficient (Wildman–Crippen LogP) is 5.83. The first-order valence-corrected chi connectivity index (χ1v) is 10.9. The lowest BCUT2D eigenvalue weighted by atomic mass is 9.94. The number of carbonyl (C=O) groups is 2. The van der Waals surface area contributed by atoms with Gasteiger partial charge in [-0.05, 0) is 43.2 Å². The molecule has 2 heterocycles. The quantitative estimate of drug-likeness (QED) is 0.469. The van der Waals surface area contributed by atoms with E-state index in [1.807, 2.05) is 0 Å². The summed E-state index contributed by atoms with van der Waals surface area (Å²) in [5, 5.41) is 9.58. The Labute approximate surface area is 182 Å². The lowest BCUT2D eigenvalue weighted by Crippen LogP contribution is -2.39. The molecule has 150 valence electrons. The summed E-state index contributed by atoms with van der Waals surface area (Å²) in [5.74, 6) is -0.190. The highest BCUT2D eigenvalue weighted by Crippen LogP contribution is 2.38. The Morgan fingerprint density at radius 1 is 1.24 bits per heavy atom. The minimum Gasteiger partial charge on any atom is -0.478 e. The molecular formula is C21H18ClNO4S2. The zero-order valence-electron chi connectivity index (χ0n) is 15.4. The Balaban J connectivity index is 1.58. The molecule has 1 aromatic heterocycles. The maximum atomic E-state index is 12.9. The molecule has 1 saturated heterocycles. The Hall–Kier alpha value is -2.09.